The summed E-state index contributed by atoms with van der Waals surface area (Å²) in [6.45, 7) is 0. The molecule has 0 aliphatic rings. The fourth-order valence-electron chi connectivity index (χ4n) is 1.04. The molecule has 8 heteroatoms. The van der Waals surface area contributed by atoms with Crippen molar-refractivity contribution in [2.75, 3.05) is 12.0 Å². The summed E-state index contributed by atoms with van der Waals surface area (Å²) in [5, 5.41) is 6.18. The van der Waals surface area contributed by atoms with Crippen molar-refractivity contribution >= 4 is 29.3 Å². The summed E-state index contributed by atoms with van der Waals surface area (Å²) in [7, 11) is 1.83. The lowest BCUT2D eigenvalue weighted by atomic mass is 10.6. The summed E-state index contributed by atoms with van der Waals surface area (Å²) in [6, 6.07) is 1.72. The zero-order chi connectivity index (χ0) is 11.5. The van der Waals surface area contributed by atoms with E-state index < -0.39 is 0 Å². The second-order valence-electron chi connectivity index (χ2n) is 2.89. The van der Waals surface area contributed by atoms with Gasteiger partial charge in [-0.05, 0) is 18.0 Å². The summed E-state index contributed by atoms with van der Waals surface area (Å²) >= 11 is 2.87. The Kier molecular flexibility index (Phi) is 3.30. The van der Waals surface area contributed by atoms with Crippen LogP contribution in [0.1, 0.15) is 0 Å². The van der Waals surface area contributed by atoms with E-state index in [2.05, 4.69) is 20.1 Å². The van der Waals surface area contributed by atoms with Gasteiger partial charge in [0.05, 0.1) is 0 Å². The number of hydrogen-bond acceptors (Lipinski definition) is 7. The van der Waals surface area contributed by atoms with Crippen molar-refractivity contribution in [2.24, 2.45) is 7.05 Å². The summed E-state index contributed by atoms with van der Waals surface area (Å²) in [5.41, 5.74) is 5.68. The van der Waals surface area contributed by atoms with Crippen LogP contribution in [0.4, 0.5) is 5.82 Å². The van der Waals surface area contributed by atoms with E-state index in [4.69, 9.17) is 5.73 Å². The largest absolute Gasteiger partial charge is 0.384 e. The SMILES string of the molecule is CSc1nc(N)cc(Sc2ncnn2C)n1. The van der Waals surface area contributed by atoms with E-state index in [-0.39, 0.29) is 0 Å². The van der Waals surface area contributed by atoms with Crippen LogP contribution >= 0.6 is 23.5 Å². The first kappa shape index (κ1) is 11.2. The van der Waals surface area contributed by atoms with Gasteiger partial charge in [-0.1, -0.05) is 11.8 Å². The number of anilines is 1. The molecule has 0 atom stereocenters. The molecule has 0 unspecified atom stereocenters. The molecule has 16 heavy (non-hydrogen) atoms. The van der Waals surface area contributed by atoms with Crippen molar-refractivity contribution in [1.82, 2.24) is 24.7 Å². The van der Waals surface area contributed by atoms with E-state index in [1.54, 1.807) is 10.7 Å². The second-order valence-corrected chi connectivity index (χ2v) is 4.65. The zero-order valence-electron chi connectivity index (χ0n) is 8.78. The lowest BCUT2D eigenvalue weighted by Crippen LogP contribution is -1.97. The Hall–Kier alpha value is -1.28. The highest BCUT2D eigenvalue weighted by Gasteiger charge is 2.07. The van der Waals surface area contributed by atoms with Crippen LogP contribution in [0.25, 0.3) is 0 Å². The van der Waals surface area contributed by atoms with Gasteiger partial charge in [-0.25, -0.2) is 19.6 Å². The Morgan fingerprint density at radius 2 is 2.19 bits per heavy atom. The minimum Gasteiger partial charge on any atom is -0.384 e. The van der Waals surface area contributed by atoms with Crippen molar-refractivity contribution in [3.05, 3.63) is 12.4 Å². The van der Waals surface area contributed by atoms with Gasteiger partial charge in [0, 0.05) is 13.1 Å². The molecule has 0 saturated carbocycles. The van der Waals surface area contributed by atoms with Gasteiger partial charge in [0.15, 0.2) is 10.3 Å². The minimum atomic E-state index is 0.462. The Labute approximate surface area is 101 Å². The second kappa shape index (κ2) is 4.71. The average molecular weight is 254 g/mol. The molecule has 0 saturated heterocycles. The molecule has 0 aliphatic carbocycles. The predicted molar refractivity (Wildman–Crippen MR) is 63.4 cm³/mol. The third-order valence-electron chi connectivity index (χ3n) is 1.75. The number of aryl methyl sites for hydroxylation is 1. The van der Waals surface area contributed by atoms with E-state index in [0.717, 1.165) is 10.2 Å². The topological polar surface area (TPSA) is 82.5 Å². The van der Waals surface area contributed by atoms with E-state index in [9.17, 15) is 0 Å². The molecule has 0 aliphatic heterocycles. The molecule has 2 aromatic heterocycles. The molecule has 6 nitrogen and oxygen atoms in total. The van der Waals surface area contributed by atoms with Crippen LogP contribution in [0.5, 0.6) is 0 Å². The number of nitrogens with two attached hydrogens (primary N) is 1. The minimum absolute atomic E-state index is 0.462. The summed E-state index contributed by atoms with van der Waals surface area (Å²) in [5.74, 6) is 0.462. The number of aromatic nitrogens is 5. The Balaban J connectivity index is 2.28. The van der Waals surface area contributed by atoms with E-state index in [1.165, 1.54) is 29.9 Å². The number of nitrogen functional groups attached to an aromatic ring is 1. The molecule has 0 fully saturated rings. The fraction of sp³-hybridized carbons (Fsp3) is 0.250. The predicted octanol–water partition coefficient (Wildman–Crippen LogP) is 1.06. The van der Waals surface area contributed by atoms with Gasteiger partial charge in [0.1, 0.15) is 17.2 Å². The van der Waals surface area contributed by atoms with Crippen molar-refractivity contribution in [3.8, 4) is 0 Å². The quantitative estimate of drug-likeness (QED) is 0.498. The standard InChI is InChI=1S/C8H10N6S2/c1-14-8(10-4-11-14)16-6-3-5(9)12-7(13-6)15-2/h3-4H,1-2H3,(H2,9,12,13). The van der Waals surface area contributed by atoms with Gasteiger partial charge in [-0.15, -0.1) is 0 Å². The highest BCUT2D eigenvalue weighted by Crippen LogP contribution is 2.25. The first-order valence-electron chi connectivity index (χ1n) is 4.39. The molecule has 2 heterocycles. The van der Waals surface area contributed by atoms with Gasteiger partial charge < -0.3 is 5.73 Å². The zero-order valence-corrected chi connectivity index (χ0v) is 10.4. The number of thioether (sulfide) groups is 1. The van der Waals surface area contributed by atoms with Gasteiger partial charge >= 0.3 is 0 Å². The third kappa shape index (κ3) is 2.45. The average Bonchev–Trinajstić information content (AvgIpc) is 2.63. The van der Waals surface area contributed by atoms with Crippen molar-refractivity contribution < 1.29 is 0 Å². The van der Waals surface area contributed by atoms with Crippen LogP contribution < -0.4 is 5.73 Å². The van der Waals surface area contributed by atoms with Gasteiger partial charge in [0.25, 0.3) is 0 Å². The van der Waals surface area contributed by atoms with E-state index in [1.807, 2.05) is 13.3 Å². The van der Waals surface area contributed by atoms with E-state index >= 15 is 0 Å². The Morgan fingerprint density at radius 3 is 2.81 bits per heavy atom. The number of rotatable bonds is 3. The molecule has 84 valence electrons. The first-order chi connectivity index (χ1) is 7.69. The maximum Gasteiger partial charge on any atom is 0.192 e. The summed E-state index contributed by atoms with van der Waals surface area (Å²) < 4.78 is 1.68. The molecule has 0 aromatic carbocycles. The monoisotopic (exact) mass is 254 g/mol. The van der Waals surface area contributed by atoms with Gasteiger partial charge in [-0.3, -0.25) is 0 Å². The lowest BCUT2D eigenvalue weighted by molar-refractivity contribution is 0.684. The first-order valence-corrected chi connectivity index (χ1v) is 6.43. The molecule has 2 aromatic rings. The molecule has 2 rings (SSSR count). The van der Waals surface area contributed by atoms with Crippen LogP contribution in [-0.4, -0.2) is 31.0 Å². The van der Waals surface area contributed by atoms with Crippen LogP contribution in [0.2, 0.25) is 0 Å². The van der Waals surface area contributed by atoms with Crippen LogP contribution in [0.15, 0.2) is 27.7 Å². The Morgan fingerprint density at radius 1 is 1.38 bits per heavy atom. The smallest absolute Gasteiger partial charge is 0.192 e. The van der Waals surface area contributed by atoms with Crippen LogP contribution in [0, 0.1) is 0 Å². The molecule has 0 radical (unpaired) electrons. The molecule has 0 bridgehead atoms. The molecular formula is C8H10N6S2. The maximum absolute atomic E-state index is 5.68. The highest BCUT2D eigenvalue weighted by molar-refractivity contribution is 7.99. The highest BCUT2D eigenvalue weighted by atomic mass is 32.2. The molecular weight excluding hydrogens is 244 g/mol. The third-order valence-corrected chi connectivity index (χ3v) is 3.27. The van der Waals surface area contributed by atoms with Gasteiger partial charge in [0.2, 0.25) is 0 Å². The van der Waals surface area contributed by atoms with Crippen LogP contribution in [-0.2, 0) is 7.05 Å². The summed E-state index contributed by atoms with van der Waals surface area (Å²) in [6.07, 6.45) is 3.41. The van der Waals surface area contributed by atoms with Crippen molar-refractivity contribution in [1.29, 1.82) is 0 Å². The van der Waals surface area contributed by atoms with Crippen molar-refractivity contribution in [2.45, 2.75) is 15.3 Å². The Bertz CT molecular complexity index is 497. The fourth-order valence-corrected chi connectivity index (χ4v) is 2.26. The van der Waals surface area contributed by atoms with Crippen molar-refractivity contribution in [3.63, 3.8) is 0 Å². The van der Waals surface area contributed by atoms with Crippen LogP contribution in [0.3, 0.4) is 0 Å². The molecule has 0 spiro atoms. The van der Waals surface area contributed by atoms with Gasteiger partial charge in [-0.2, -0.15) is 5.10 Å². The molecule has 2 N–H and O–H groups in total. The normalized spacial score (nSPS) is 10.6. The maximum atomic E-state index is 5.68. The number of nitrogens with zero attached hydrogens (tertiary/aromatic N) is 5. The number of hydrogen-bond donors (Lipinski definition) is 1. The lowest BCUT2D eigenvalue weighted by Gasteiger charge is -2.02. The van der Waals surface area contributed by atoms with E-state index in [0.29, 0.717) is 11.0 Å². The molecule has 0 amide bonds. The summed E-state index contributed by atoms with van der Waals surface area (Å²) in [4.78, 5) is 12.5.